The summed E-state index contributed by atoms with van der Waals surface area (Å²) in [6.07, 6.45) is -2.58. The predicted octanol–water partition coefficient (Wildman–Crippen LogP) is 2.47. The molecule has 0 nitrogen and oxygen atoms in total. The number of thioether (sulfide) groups is 1. The highest BCUT2D eigenvalue weighted by Crippen LogP contribution is 2.20. The van der Waals surface area contributed by atoms with E-state index in [1.54, 1.807) is 0 Å². The molecule has 0 atom stereocenters. The maximum atomic E-state index is 11.3. The van der Waals surface area contributed by atoms with Crippen molar-refractivity contribution in [3.05, 3.63) is 12.7 Å². The van der Waals surface area contributed by atoms with Crippen molar-refractivity contribution >= 4 is 11.8 Å². The molecule has 0 spiro atoms. The van der Waals surface area contributed by atoms with Gasteiger partial charge in [0.2, 0.25) is 0 Å². The van der Waals surface area contributed by atoms with Crippen molar-refractivity contribution in [3.8, 4) is 0 Å². The van der Waals surface area contributed by atoms with Gasteiger partial charge in [0.15, 0.2) is 0 Å². The topological polar surface area (TPSA) is 0 Å². The van der Waals surface area contributed by atoms with E-state index < -0.39 is 11.9 Å². The molecule has 0 bridgehead atoms. The summed E-state index contributed by atoms with van der Waals surface area (Å²) in [5.41, 5.74) is 0. The molecule has 0 heterocycles. The van der Waals surface area contributed by atoms with Crippen molar-refractivity contribution in [2.24, 2.45) is 0 Å². The fourth-order valence-electron chi connectivity index (χ4n) is 0.258. The number of hydrogen-bond acceptors (Lipinski definition) is 1. The van der Waals surface area contributed by atoms with Crippen LogP contribution in [0, 0.1) is 0 Å². The lowest BCUT2D eigenvalue weighted by Crippen LogP contribution is -2.10. The molecule has 0 aliphatic rings. The van der Waals surface area contributed by atoms with Crippen molar-refractivity contribution < 1.29 is 13.2 Å². The quantitative estimate of drug-likeness (QED) is 0.446. The highest BCUT2D eigenvalue weighted by atomic mass is 32.2. The summed E-state index contributed by atoms with van der Waals surface area (Å²) in [7, 11) is 0. The number of alkyl halides is 3. The van der Waals surface area contributed by atoms with Gasteiger partial charge in [-0.05, 0) is 0 Å². The second-order valence-corrected chi connectivity index (χ2v) is 2.45. The minimum Gasteiger partial charge on any atom is -0.170 e. The smallest absolute Gasteiger partial charge is 0.170 e. The van der Waals surface area contributed by atoms with E-state index in [2.05, 4.69) is 6.58 Å². The highest BCUT2D eigenvalue weighted by molar-refractivity contribution is 7.99. The molecule has 0 radical (unpaired) electrons. The van der Waals surface area contributed by atoms with Crippen LogP contribution in [0.5, 0.6) is 0 Å². The zero-order valence-corrected chi connectivity index (χ0v) is 5.56. The Morgan fingerprint density at radius 2 is 2.00 bits per heavy atom. The number of halogens is 3. The van der Waals surface area contributed by atoms with Crippen LogP contribution in [0.4, 0.5) is 13.2 Å². The summed E-state index contributed by atoms with van der Waals surface area (Å²) >= 11 is 0.817. The van der Waals surface area contributed by atoms with Crippen molar-refractivity contribution in [1.29, 1.82) is 0 Å². The fourth-order valence-corrected chi connectivity index (χ4v) is 0.774. The fraction of sp³-hybridized carbons (Fsp3) is 0.600. The van der Waals surface area contributed by atoms with Gasteiger partial charge in [-0.3, -0.25) is 0 Å². The molecule has 0 unspecified atom stereocenters. The first-order chi connectivity index (χ1) is 4.06. The Morgan fingerprint density at radius 3 is 2.33 bits per heavy atom. The molecule has 0 aliphatic carbocycles. The van der Waals surface area contributed by atoms with Crippen LogP contribution in [0.25, 0.3) is 0 Å². The molecular formula is C5H7F3S. The van der Waals surface area contributed by atoms with Crippen LogP contribution in [0.3, 0.4) is 0 Å². The molecule has 0 saturated carbocycles. The molecule has 0 aromatic heterocycles. The van der Waals surface area contributed by atoms with E-state index in [4.69, 9.17) is 0 Å². The van der Waals surface area contributed by atoms with Crippen molar-refractivity contribution in [2.45, 2.75) is 6.18 Å². The monoisotopic (exact) mass is 156 g/mol. The molecule has 9 heavy (non-hydrogen) atoms. The number of hydrogen-bond donors (Lipinski definition) is 0. The third-order valence-corrected chi connectivity index (χ3v) is 1.50. The van der Waals surface area contributed by atoms with Crippen molar-refractivity contribution in [3.63, 3.8) is 0 Å². The third-order valence-electron chi connectivity index (χ3n) is 0.501. The van der Waals surface area contributed by atoms with E-state index in [1.165, 1.54) is 6.08 Å². The van der Waals surface area contributed by atoms with Crippen LogP contribution in [-0.4, -0.2) is 17.7 Å². The van der Waals surface area contributed by atoms with Gasteiger partial charge in [-0.15, -0.1) is 18.3 Å². The first-order valence-corrected chi connectivity index (χ1v) is 3.47. The molecule has 4 heteroatoms. The molecule has 0 rings (SSSR count). The summed E-state index contributed by atoms with van der Waals surface area (Å²) in [4.78, 5) is 0. The molecule has 0 saturated heterocycles. The largest absolute Gasteiger partial charge is 0.397 e. The van der Waals surface area contributed by atoms with Gasteiger partial charge in [-0.2, -0.15) is 13.2 Å². The van der Waals surface area contributed by atoms with E-state index in [1.807, 2.05) is 0 Å². The van der Waals surface area contributed by atoms with E-state index in [0.29, 0.717) is 5.75 Å². The lowest BCUT2D eigenvalue weighted by molar-refractivity contribution is -0.105. The molecule has 0 aliphatic heterocycles. The third kappa shape index (κ3) is 7.88. The van der Waals surface area contributed by atoms with Crippen LogP contribution in [0.15, 0.2) is 12.7 Å². The second-order valence-electron chi connectivity index (χ2n) is 1.42. The van der Waals surface area contributed by atoms with Crippen molar-refractivity contribution in [1.82, 2.24) is 0 Å². The van der Waals surface area contributed by atoms with Gasteiger partial charge in [-0.25, -0.2) is 0 Å². The summed E-state index contributed by atoms with van der Waals surface area (Å²) < 4.78 is 34.0. The van der Waals surface area contributed by atoms with Gasteiger partial charge in [-0.1, -0.05) is 6.08 Å². The first kappa shape index (κ1) is 8.88. The SMILES string of the molecule is C=CCSCC(F)(F)F. The Hall–Kier alpha value is -0.120. The highest BCUT2D eigenvalue weighted by Gasteiger charge is 2.26. The summed E-state index contributed by atoms with van der Waals surface area (Å²) in [5.74, 6) is -0.418. The minimum atomic E-state index is -4.03. The maximum Gasteiger partial charge on any atom is 0.397 e. The van der Waals surface area contributed by atoms with Crippen molar-refractivity contribution in [2.75, 3.05) is 11.5 Å². The lowest BCUT2D eigenvalue weighted by Gasteiger charge is -2.02. The van der Waals surface area contributed by atoms with Gasteiger partial charge in [0.25, 0.3) is 0 Å². The van der Waals surface area contributed by atoms with E-state index in [-0.39, 0.29) is 0 Å². The first-order valence-electron chi connectivity index (χ1n) is 2.31. The molecule has 0 aromatic rings. The maximum absolute atomic E-state index is 11.3. The average Bonchev–Trinajstić information content (AvgIpc) is 1.63. The Morgan fingerprint density at radius 1 is 1.44 bits per heavy atom. The Bertz CT molecular complexity index is 86.7. The zero-order chi connectivity index (χ0) is 7.33. The Balaban J connectivity index is 3.17. The van der Waals surface area contributed by atoms with Crippen LogP contribution >= 0.6 is 11.8 Å². The van der Waals surface area contributed by atoms with Gasteiger partial charge in [0.1, 0.15) is 0 Å². The molecule has 0 aromatic carbocycles. The van der Waals surface area contributed by atoms with Gasteiger partial charge in [0, 0.05) is 5.75 Å². The summed E-state index contributed by atoms with van der Waals surface area (Å²) in [6, 6.07) is 0. The summed E-state index contributed by atoms with van der Waals surface area (Å²) in [5, 5.41) is 0. The van der Waals surface area contributed by atoms with Gasteiger partial charge < -0.3 is 0 Å². The molecule has 0 fully saturated rings. The van der Waals surface area contributed by atoms with E-state index >= 15 is 0 Å². The normalized spacial score (nSPS) is 11.4. The van der Waals surface area contributed by atoms with E-state index in [9.17, 15) is 13.2 Å². The second kappa shape index (κ2) is 3.82. The lowest BCUT2D eigenvalue weighted by atomic mass is 10.8. The molecule has 0 amide bonds. The zero-order valence-electron chi connectivity index (χ0n) is 4.74. The molecular weight excluding hydrogens is 149 g/mol. The van der Waals surface area contributed by atoms with Crippen LogP contribution in [0.2, 0.25) is 0 Å². The van der Waals surface area contributed by atoms with E-state index in [0.717, 1.165) is 11.8 Å². The number of rotatable bonds is 3. The molecule has 54 valence electrons. The summed E-state index contributed by atoms with van der Waals surface area (Å²) in [6.45, 7) is 3.29. The molecule has 0 N–H and O–H groups in total. The van der Waals surface area contributed by atoms with Crippen LogP contribution in [0.1, 0.15) is 0 Å². The van der Waals surface area contributed by atoms with Crippen LogP contribution < -0.4 is 0 Å². The predicted molar refractivity (Wildman–Crippen MR) is 33.6 cm³/mol. The average molecular weight is 156 g/mol. The van der Waals surface area contributed by atoms with Crippen LogP contribution in [-0.2, 0) is 0 Å². The van der Waals surface area contributed by atoms with Gasteiger partial charge in [0.05, 0.1) is 5.75 Å². The van der Waals surface area contributed by atoms with Gasteiger partial charge >= 0.3 is 6.18 Å². The Labute approximate surface area is 56.1 Å². The Kier molecular flexibility index (Phi) is 3.77. The standard InChI is InChI=1S/C5H7F3S/c1-2-3-9-4-5(6,7)8/h2H,1,3-4H2. The minimum absolute atomic E-state index is 0.361.